The quantitative estimate of drug-likeness (QED) is 0.873. The molecule has 0 spiro atoms. The smallest absolute Gasteiger partial charge is 0.126 e. The van der Waals surface area contributed by atoms with Crippen molar-refractivity contribution in [1.82, 2.24) is 0 Å². The fourth-order valence-corrected chi connectivity index (χ4v) is 4.56. The first-order chi connectivity index (χ1) is 10.1. The normalized spacial score (nSPS) is 28.7. The van der Waals surface area contributed by atoms with E-state index in [2.05, 4.69) is 0 Å². The van der Waals surface area contributed by atoms with E-state index in [9.17, 15) is 9.50 Å². The Labute approximate surface area is 126 Å². The summed E-state index contributed by atoms with van der Waals surface area (Å²) in [4.78, 5) is 0. The van der Waals surface area contributed by atoms with Crippen molar-refractivity contribution in [2.24, 2.45) is 11.1 Å². The maximum atomic E-state index is 14.0. The van der Waals surface area contributed by atoms with Gasteiger partial charge in [-0.25, -0.2) is 4.39 Å². The molecule has 1 aromatic carbocycles. The number of rotatable bonds is 2. The van der Waals surface area contributed by atoms with E-state index in [-0.39, 0.29) is 11.2 Å². The molecule has 0 saturated heterocycles. The Morgan fingerprint density at radius 2 is 1.71 bits per heavy atom. The van der Waals surface area contributed by atoms with E-state index < -0.39 is 5.60 Å². The fourth-order valence-electron chi connectivity index (χ4n) is 4.56. The minimum absolute atomic E-state index is 0.179. The fraction of sp³-hybridized carbons (Fsp3) is 0.667. The lowest BCUT2D eigenvalue weighted by Gasteiger charge is -2.47. The molecule has 1 aromatic rings. The number of hydrogen-bond acceptors (Lipinski definition) is 2. The largest absolute Gasteiger partial charge is 0.385 e. The Hall–Kier alpha value is -0.930. The van der Waals surface area contributed by atoms with Crippen LogP contribution in [0.5, 0.6) is 0 Å². The van der Waals surface area contributed by atoms with Gasteiger partial charge in [0.05, 0.1) is 5.60 Å². The minimum atomic E-state index is -0.948. The molecule has 3 rings (SSSR count). The van der Waals surface area contributed by atoms with Crippen LogP contribution in [0.3, 0.4) is 0 Å². The van der Waals surface area contributed by atoms with Crippen LogP contribution in [0.4, 0.5) is 4.39 Å². The molecule has 0 bridgehead atoms. The predicted molar refractivity (Wildman–Crippen MR) is 82.4 cm³/mol. The molecular weight excluding hydrogens is 265 g/mol. The average Bonchev–Trinajstić information content (AvgIpc) is 2.80. The highest BCUT2D eigenvalue weighted by atomic mass is 19.1. The van der Waals surface area contributed by atoms with Gasteiger partial charge in [-0.2, -0.15) is 0 Å². The van der Waals surface area contributed by atoms with Gasteiger partial charge in [0.2, 0.25) is 0 Å². The molecule has 116 valence electrons. The first kappa shape index (κ1) is 15.0. The maximum Gasteiger partial charge on any atom is 0.126 e. The van der Waals surface area contributed by atoms with Gasteiger partial charge in [0, 0.05) is 12.0 Å². The van der Waals surface area contributed by atoms with Crippen molar-refractivity contribution >= 4 is 0 Å². The first-order valence-electron chi connectivity index (χ1n) is 8.33. The lowest BCUT2D eigenvalue weighted by Crippen LogP contribution is -2.49. The van der Waals surface area contributed by atoms with Crippen LogP contribution < -0.4 is 5.73 Å². The summed E-state index contributed by atoms with van der Waals surface area (Å²) in [6.45, 7) is 0.486. The second-order valence-electron chi connectivity index (χ2n) is 6.88. The van der Waals surface area contributed by atoms with Crippen LogP contribution in [0, 0.1) is 11.2 Å². The molecule has 2 aliphatic rings. The molecule has 21 heavy (non-hydrogen) atoms. The van der Waals surface area contributed by atoms with Crippen LogP contribution in [-0.4, -0.2) is 11.7 Å². The van der Waals surface area contributed by atoms with Crippen molar-refractivity contribution in [2.75, 3.05) is 6.54 Å². The summed E-state index contributed by atoms with van der Waals surface area (Å²) in [5.74, 6) is -0.179. The van der Waals surface area contributed by atoms with Crippen molar-refractivity contribution in [3.63, 3.8) is 0 Å². The lowest BCUT2D eigenvalue weighted by molar-refractivity contribution is -0.0995. The van der Waals surface area contributed by atoms with Gasteiger partial charge in [0.1, 0.15) is 5.82 Å². The summed E-state index contributed by atoms with van der Waals surface area (Å²) >= 11 is 0. The van der Waals surface area contributed by atoms with Crippen LogP contribution in [0.1, 0.15) is 62.5 Å². The highest BCUT2D eigenvalue weighted by Gasteiger charge is 2.53. The summed E-state index contributed by atoms with van der Waals surface area (Å²) in [6, 6.07) is 5.12. The molecule has 1 fully saturated rings. The van der Waals surface area contributed by atoms with E-state index >= 15 is 0 Å². The van der Waals surface area contributed by atoms with Crippen molar-refractivity contribution in [1.29, 1.82) is 0 Å². The first-order valence-corrected chi connectivity index (χ1v) is 8.33. The molecule has 1 saturated carbocycles. The Morgan fingerprint density at radius 3 is 2.38 bits per heavy atom. The van der Waals surface area contributed by atoms with Crippen molar-refractivity contribution in [2.45, 2.75) is 63.4 Å². The molecule has 0 aromatic heterocycles. The van der Waals surface area contributed by atoms with Gasteiger partial charge < -0.3 is 10.8 Å². The van der Waals surface area contributed by atoms with Gasteiger partial charge in [-0.05, 0) is 42.9 Å². The van der Waals surface area contributed by atoms with E-state index in [1.165, 1.54) is 25.3 Å². The Kier molecular flexibility index (Phi) is 4.06. The molecule has 2 aliphatic carbocycles. The van der Waals surface area contributed by atoms with Crippen LogP contribution in [0.25, 0.3) is 0 Å². The molecule has 2 nitrogen and oxygen atoms in total. The van der Waals surface area contributed by atoms with Gasteiger partial charge in [-0.3, -0.25) is 0 Å². The molecule has 0 radical (unpaired) electrons. The SMILES string of the molecule is NCC1(C2(O)CCc3c(F)cccc32)CCCCCCC1. The molecular formula is C18H26FNO. The Morgan fingerprint density at radius 1 is 1.05 bits per heavy atom. The third kappa shape index (κ3) is 2.31. The summed E-state index contributed by atoms with van der Waals surface area (Å²) in [7, 11) is 0. The van der Waals surface area contributed by atoms with Crippen LogP contribution in [0.2, 0.25) is 0 Å². The zero-order valence-corrected chi connectivity index (χ0v) is 12.7. The highest BCUT2D eigenvalue weighted by molar-refractivity contribution is 5.40. The van der Waals surface area contributed by atoms with E-state index in [1.807, 2.05) is 6.07 Å². The summed E-state index contributed by atoms with van der Waals surface area (Å²) < 4.78 is 14.0. The predicted octanol–water partition coefficient (Wildman–Crippen LogP) is 3.65. The van der Waals surface area contributed by atoms with E-state index in [0.717, 1.165) is 31.2 Å². The highest BCUT2D eigenvalue weighted by Crippen LogP contribution is 2.54. The zero-order chi connectivity index (χ0) is 14.9. The second kappa shape index (κ2) is 5.69. The number of halogens is 1. The number of aliphatic hydroxyl groups is 1. The summed E-state index contributed by atoms with van der Waals surface area (Å²) in [5.41, 5.74) is 6.44. The lowest BCUT2D eigenvalue weighted by atomic mass is 9.62. The standard InChI is InChI=1S/C18H26FNO/c19-16-8-6-7-15-14(16)9-12-18(15,21)17(13-20)10-4-2-1-3-5-11-17/h6-8,21H,1-5,9-13,20H2. The van der Waals surface area contributed by atoms with Gasteiger partial charge in [-0.15, -0.1) is 0 Å². The molecule has 0 aliphatic heterocycles. The second-order valence-corrected chi connectivity index (χ2v) is 6.88. The molecule has 1 atom stereocenters. The van der Waals surface area contributed by atoms with Gasteiger partial charge in [-0.1, -0.05) is 44.2 Å². The van der Waals surface area contributed by atoms with Crippen LogP contribution >= 0.6 is 0 Å². The molecule has 0 amide bonds. The van der Waals surface area contributed by atoms with Gasteiger partial charge in [0.15, 0.2) is 0 Å². The van der Waals surface area contributed by atoms with E-state index in [0.29, 0.717) is 24.9 Å². The Bertz CT molecular complexity index is 508. The molecule has 0 heterocycles. The van der Waals surface area contributed by atoms with Gasteiger partial charge in [0.25, 0.3) is 0 Å². The van der Waals surface area contributed by atoms with Crippen LogP contribution in [-0.2, 0) is 12.0 Å². The molecule has 1 unspecified atom stereocenters. The Balaban J connectivity index is 2.02. The topological polar surface area (TPSA) is 46.2 Å². The van der Waals surface area contributed by atoms with Crippen molar-refractivity contribution in [3.05, 3.63) is 35.1 Å². The van der Waals surface area contributed by atoms with Crippen molar-refractivity contribution < 1.29 is 9.50 Å². The maximum absolute atomic E-state index is 14.0. The van der Waals surface area contributed by atoms with E-state index in [1.54, 1.807) is 6.07 Å². The third-order valence-electron chi connectivity index (χ3n) is 5.88. The summed E-state index contributed by atoms with van der Waals surface area (Å²) in [5, 5.41) is 11.5. The third-order valence-corrected chi connectivity index (χ3v) is 5.88. The average molecular weight is 291 g/mol. The molecule has 3 N–H and O–H groups in total. The zero-order valence-electron chi connectivity index (χ0n) is 12.7. The molecule has 3 heteroatoms. The van der Waals surface area contributed by atoms with Crippen molar-refractivity contribution in [3.8, 4) is 0 Å². The van der Waals surface area contributed by atoms with E-state index in [4.69, 9.17) is 5.73 Å². The van der Waals surface area contributed by atoms with Crippen LogP contribution in [0.15, 0.2) is 18.2 Å². The number of fused-ring (bicyclic) bond motifs is 1. The summed E-state index contributed by atoms with van der Waals surface area (Å²) in [6.07, 6.45) is 9.09. The van der Waals surface area contributed by atoms with Gasteiger partial charge >= 0.3 is 0 Å². The minimum Gasteiger partial charge on any atom is -0.385 e. The monoisotopic (exact) mass is 291 g/mol. The number of nitrogens with two attached hydrogens (primary N) is 1. The number of benzene rings is 1. The number of hydrogen-bond donors (Lipinski definition) is 2.